The lowest BCUT2D eigenvalue weighted by molar-refractivity contribution is 0.242. The highest BCUT2D eigenvalue weighted by Crippen LogP contribution is 2.23. The summed E-state index contributed by atoms with van der Waals surface area (Å²) < 4.78 is 5.77. The van der Waals surface area contributed by atoms with Gasteiger partial charge in [-0.25, -0.2) is 0 Å². The maximum absolute atomic E-state index is 5.97. The first kappa shape index (κ1) is 15.3. The average molecular weight is 276 g/mol. The fourth-order valence-corrected chi connectivity index (χ4v) is 2.93. The Hall–Kier alpha value is -1.06. The second-order valence-corrected chi connectivity index (χ2v) is 6.03. The number of hydrogen-bond acceptors (Lipinski definition) is 3. The lowest BCUT2D eigenvalue weighted by atomic mass is 9.94. The van der Waals surface area contributed by atoms with Crippen LogP contribution in [0, 0.1) is 0 Å². The third-order valence-corrected chi connectivity index (χ3v) is 3.91. The van der Waals surface area contributed by atoms with Crippen molar-refractivity contribution in [2.24, 2.45) is 5.73 Å². The van der Waals surface area contributed by atoms with Crippen LogP contribution in [0.15, 0.2) is 24.3 Å². The molecule has 112 valence electrons. The summed E-state index contributed by atoms with van der Waals surface area (Å²) in [6.45, 7) is 4.72. The van der Waals surface area contributed by atoms with Gasteiger partial charge >= 0.3 is 0 Å². The van der Waals surface area contributed by atoms with E-state index in [9.17, 15) is 0 Å². The normalized spacial score (nSPS) is 18.2. The Morgan fingerprint density at radius 1 is 1.25 bits per heavy atom. The molecule has 1 atom stereocenters. The lowest BCUT2D eigenvalue weighted by Gasteiger charge is -2.28. The van der Waals surface area contributed by atoms with E-state index in [1.54, 1.807) is 0 Å². The molecule has 1 saturated carbocycles. The van der Waals surface area contributed by atoms with Gasteiger partial charge < -0.3 is 15.8 Å². The highest BCUT2D eigenvalue weighted by molar-refractivity contribution is 5.31. The van der Waals surface area contributed by atoms with Crippen molar-refractivity contribution in [1.82, 2.24) is 5.32 Å². The van der Waals surface area contributed by atoms with Crippen LogP contribution in [0.4, 0.5) is 0 Å². The SMILES string of the molecule is CC(C)Oc1cccc(C(CN)NC2CCCCC2)c1. The van der Waals surface area contributed by atoms with Gasteiger partial charge in [0.05, 0.1) is 6.10 Å². The van der Waals surface area contributed by atoms with Crippen LogP contribution in [-0.2, 0) is 0 Å². The summed E-state index contributed by atoms with van der Waals surface area (Å²) >= 11 is 0. The molecule has 1 aromatic rings. The number of rotatable bonds is 6. The second kappa shape index (κ2) is 7.65. The van der Waals surface area contributed by atoms with Gasteiger partial charge in [0.1, 0.15) is 5.75 Å². The van der Waals surface area contributed by atoms with Gasteiger partial charge in [-0.15, -0.1) is 0 Å². The molecule has 20 heavy (non-hydrogen) atoms. The first-order valence-electron chi connectivity index (χ1n) is 7.91. The molecule has 1 aliphatic carbocycles. The van der Waals surface area contributed by atoms with Crippen molar-refractivity contribution in [3.8, 4) is 5.75 Å². The van der Waals surface area contributed by atoms with E-state index in [0.717, 1.165) is 5.75 Å². The Morgan fingerprint density at radius 3 is 2.65 bits per heavy atom. The number of nitrogens with two attached hydrogens (primary N) is 1. The van der Waals surface area contributed by atoms with E-state index in [0.29, 0.717) is 12.6 Å². The van der Waals surface area contributed by atoms with E-state index in [-0.39, 0.29) is 12.1 Å². The highest BCUT2D eigenvalue weighted by atomic mass is 16.5. The second-order valence-electron chi connectivity index (χ2n) is 6.03. The number of ether oxygens (including phenoxy) is 1. The summed E-state index contributed by atoms with van der Waals surface area (Å²) in [7, 11) is 0. The Bertz CT molecular complexity index is 400. The van der Waals surface area contributed by atoms with E-state index in [1.807, 2.05) is 19.9 Å². The van der Waals surface area contributed by atoms with Crippen molar-refractivity contribution in [3.63, 3.8) is 0 Å². The molecule has 0 heterocycles. The van der Waals surface area contributed by atoms with Gasteiger partial charge in [-0.2, -0.15) is 0 Å². The number of benzene rings is 1. The zero-order valence-corrected chi connectivity index (χ0v) is 12.8. The molecule has 0 saturated heterocycles. The Balaban J connectivity index is 2.02. The van der Waals surface area contributed by atoms with Gasteiger partial charge in [0.2, 0.25) is 0 Å². The van der Waals surface area contributed by atoms with Crippen LogP contribution >= 0.6 is 0 Å². The monoisotopic (exact) mass is 276 g/mol. The number of nitrogens with one attached hydrogen (secondary N) is 1. The Kier molecular flexibility index (Phi) is 5.86. The predicted octanol–water partition coefficient (Wildman–Crippen LogP) is 3.40. The van der Waals surface area contributed by atoms with Crippen molar-refractivity contribution in [3.05, 3.63) is 29.8 Å². The first-order valence-corrected chi connectivity index (χ1v) is 7.91. The summed E-state index contributed by atoms with van der Waals surface area (Å²) in [6, 6.07) is 9.17. The van der Waals surface area contributed by atoms with Crippen molar-refractivity contribution in [2.45, 2.75) is 64.1 Å². The van der Waals surface area contributed by atoms with Crippen LogP contribution in [0.3, 0.4) is 0 Å². The van der Waals surface area contributed by atoms with Crippen LogP contribution in [-0.4, -0.2) is 18.7 Å². The van der Waals surface area contributed by atoms with Gasteiger partial charge in [-0.3, -0.25) is 0 Å². The molecule has 3 N–H and O–H groups in total. The smallest absolute Gasteiger partial charge is 0.120 e. The molecule has 0 bridgehead atoms. The van der Waals surface area contributed by atoms with Crippen molar-refractivity contribution in [1.29, 1.82) is 0 Å². The molecule has 1 fully saturated rings. The molecular formula is C17H28N2O. The maximum Gasteiger partial charge on any atom is 0.120 e. The molecule has 0 amide bonds. The summed E-state index contributed by atoms with van der Waals surface area (Å²) in [6.07, 6.45) is 6.81. The third-order valence-electron chi connectivity index (χ3n) is 3.91. The van der Waals surface area contributed by atoms with Gasteiger partial charge in [-0.1, -0.05) is 31.4 Å². The number of hydrogen-bond donors (Lipinski definition) is 2. The van der Waals surface area contributed by atoms with Crippen molar-refractivity contribution in [2.75, 3.05) is 6.54 Å². The van der Waals surface area contributed by atoms with E-state index < -0.39 is 0 Å². The summed E-state index contributed by atoms with van der Waals surface area (Å²) in [5.74, 6) is 0.932. The average Bonchev–Trinajstić information content (AvgIpc) is 2.45. The minimum Gasteiger partial charge on any atom is -0.491 e. The molecule has 2 rings (SSSR count). The zero-order chi connectivity index (χ0) is 14.4. The molecule has 0 radical (unpaired) electrons. The fraction of sp³-hybridized carbons (Fsp3) is 0.647. The highest BCUT2D eigenvalue weighted by Gasteiger charge is 2.18. The Morgan fingerprint density at radius 2 is 2.00 bits per heavy atom. The van der Waals surface area contributed by atoms with E-state index in [4.69, 9.17) is 10.5 Å². The van der Waals surface area contributed by atoms with Crippen LogP contribution in [0.25, 0.3) is 0 Å². The molecule has 3 nitrogen and oxygen atoms in total. The van der Waals surface area contributed by atoms with Crippen LogP contribution in [0.1, 0.15) is 57.6 Å². The van der Waals surface area contributed by atoms with Crippen molar-refractivity contribution >= 4 is 0 Å². The van der Waals surface area contributed by atoms with Crippen LogP contribution < -0.4 is 15.8 Å². The molecule has 0 spiro atoms. The summed E-state index contributed by atoms with van der Waals surface area (Å²) in [4.78, 5) is 0. The molecule has 3 heteroatoms. The fourth-order valence-electron chi connectivity index (χ4n) is 2.93. The van der Waals surface area contributed by atoms with E-state index in [1.165, 1.54) is 37.7 Å². The zero-order valence-electron chi connectivity index (χ0n) is 12.8. The van der Waals surface area contributed by atoms with Crippen LogP contribution in [0.2, 0.25) is 0 Å². The topological polar surface area (TPSA) is 47.3 Å². The molecule has 1 unspecified atom stereocenters. The lowest BCUT2D eigenvalue weighted by Crippen LogP contribution is -2.37. The quantitative estimate of drug-likeness (QED) is 0.837. The Labute approximate surface area is 122 Å². The molecule has 0 aliphatic heterocycles. The first-order chi connectivity index (χ1) is 9.69. The standard InChI is InChI=1S/C17H28N2O/c1-13(2)20-16-10-6-7-14(11-16)17(12-18)19-15-8-4-3-5-9-15/h6-7,10-11,13,15,17,19H,3-5,8-9,12,18H2,1-2H3. The van der Waals surface area contributed by atoms with E-state index in [2.05, 4.69) is 23.5 Å². The third kappa shape index (κ3) is 4.50. The van der Waals surface area contributed by atoms with Gasteiger partial charge in [0.15, 0.2) is 0 Å². The van der Waals surface area contributed by atoms with Crippen molar-refractivity contribution < 1.29 is 4.74 Å². The van der Waals surface area contributed by atoms with E-state index >= 15 is 0 Å². The summed E-state index contributed by atoms with van der Waals surface area (Å²) in [5, 5.41) is 3.72. The van der Waals surface area contributed by atoms with Gasteiger partial charge in [0, 0.05) is 18.6 Å². The predicted molar refractivity (Wildman–Crippen MR) is 84.0 cm³/mol. The minimum atomic E-state index is 0.202. The van der Waals surface area contributed by atoms with Gasteiger partial charge in [0.25, 0.3) is 0 Å². The molecule has 1 aromatic carbocycles. The molecule has 1 aliphatic rings. The van der Waals surface area contributed by atoms with Gasteiger partial charge in [-0.05, 0) is 44.4 Å². The molecule has 0 aromatic heterocycles. The summed E-state index contributed by atoms with van der Waals surface area (Å²) in [5.41, 5.74) is 7.20. The maximum atomic E-state index is 5.97. The minimum absolute atomic E-state index is 0.202. The molecular weight excluding hydrogens is 248 g/mol. The largest absolute Gasteiger partial charge is 0.491 e. The van der Waals surface area contributed by atoms with Crippen LogP contribution in [0.5, 0.6) is 5.75 Å².